The van der Waals surface area contributed by atoms with Crippen LogP contribution >= 0.6 is 0 Å². The highest BCUT2D eigenvalue weighted by molar-refractivity contribution is 5.92. The predicted molar refractivity (Wildman–Crippen MR) is 110 cm³/mol. The van der Waals surface area contributed by atoms with Crippen molar-refractivity contribution in [1.29, 1.82) is 0 Å². The van der Waals surface area contributed by atoms with E-state index in [-0.39, 0.29) is 18.4 Å². The Morgan fingerprint density at radius 2 is 1.43 bits per heavy atom. The van der Waals surface area contributed by atoms with Crippen LogP contribution in [0.2, 0.25) is 0 Å². The van der Waals surface area contributed by atoms with Gasteiger partial charge in [0, 0.05) is 12.7 Å². The molecule has 0 spiro atoms. The number of ether oxygens (including phenoxy) is 1. The Kier molecular flexibility index (Phi) is 6.41. The Morgan fingerprint density at radius 3 is 2.07 bits per heavy atom. The molecule has 142 valence electrons. The summed E-state index contributed by atoms with van der Waals surface area (Å²) in [7, 11) is 1.60. The van der Waals surface area contributed by atoms with Gasteiger partial charge in [-0.15, -0.1) is 0 Å². The van der Waals surface area contributed by atoms with Gasteiger partial charge < -0.3 is 15.4 Å². The number of amides is 2. The molecule has 5 nitrogen and oxygen atoms in total. The lowest BCUT2D eigenvalue weighted by molar-refractivity contribution is -0.120. The maximum atomic E-state index is 12.1. The third-order valence-corrected chi connectivity index (χ3v) is 4.21. The predicted octanol–water partition coefficient (Wildman–Crippen LogP) is 3.66. The third kappa shape index (κ3) is 5.45. The van der Waals surface area contributed by atoms with Crippen LogP contribution in [0.5, 0.6) is 5.75 Å². The summed E-state index contributed by atoms with van der Waals surface area (Å²) < 4.78 is 5.56. The molecule has 5 heteroatoms. The van der Waals surface area contributed by atoms with Crippen molar-refractivity contribution in [2.75, 3.05) is 19.0 Å². The Hall–Kier alpha value is -3.60. The van der Waals surface area contributed by atoms with Crippen molar-refractivity contribution in [2.45, 2.75) is 6.42 Å². The van der Waals surface area contributed by atoms with Crippen LogP contribution in [0.15, 0.2) is 78.9 Å². The second-order valence-corrected chi connectivity index (χ2v) is 6.27. The van der Waals surface area contributed by atoms with Crippen molar-refractivity contribution in [1.82, 2.24) is 5.32 Å². The molecule has 3 aromatic rings. The standard InChI is InChI=1S/C23H22N2O3/c1-24-22(26)15-17-7-11-20(12-8-17)25-23(27)16-28-21-13-9-19(10-14-21)18-5-3-2-4-6-18/h2-14H,15-16H2,1H3,(H,24,26)(H,25,27). The summed E-state index contributed by atoms with van der Waals surface area (Å²) >= 11 is 0. The average Bonchev–Trinajstić information content (AvgIpc) is 2.74. The number of rotatable bonds is 7. The molecule has 0 saturated heterocycles. The highest BCUT2D eigenvalue weighted by atomic mass is 16.5. The number of anilines is 1. The van der Waals surface area contributed by atoms with E-state index in [4.69, 9.17) is 4.74 Å². The number of hydrogen-bond acceptors (Lipinski definition) is 3. The minimum absolute atomic E-state index is 0.0523. The highest BCUT2D eigenvalue weighted by Crippen LogP contribution is 2.22. The molecule has 0 aliphatic rings. The molecule has 0 atom stereocenters. The summed E-state index contributed by atoms with van der Waals surface area (Å²) in [4.78, 5) is 23.5. The van der Waals surface area contributed by atoms with Gasteiger partial charge in [0.15, 0.2) is 6.61 Å². The molecule has 3 aromatic carbocycles. The molecule has 28 heavy (non-hydrogen) atoms. The van der Waals surface area contributed by atoms with Gasteiger partial charge in [-0.3, -0.25) is 9.59 Å². The molecular weight excluding hydrogens is 352 g/mol. The molecule has 0 aliphatic carbocycles. The van der Waals surface area contributed by atoms with Crippen molar-refractivity contribution in [3.8, 4) is 16.9 Å². The summed E-state index contributed by atoms with van der Waals surface area (Å²) in [5, 5.41) is 5.36. The lowest BCUT2D eigenvalue weighted by atomic mass is 10.1. The monoisotopic (exact) mass is 374 g/mol. The van der Waals surface area contributed by atoms with E-state index in [0.29, 0.717) is 17.9 Å². The van der Waals surface area contributed by atoms with Crippen molar-refractivity contribution < 1.29 is 14.3 Å². The Morgan fingerprint density at radius 1 is 0.786 bits per heavy atom. The van der Waals surface area contributed by atoms with Gasteiger partial charge >= 0.3 is 0 Å². The topological polar surface area (TPSA) is 67.4 Å². The molecule has 0 heterocycles. The number of carbonyl (C=O) groups excluding carboxylic acids is 2. The van der Waals surface area contributed by atoms with Gasteiger partial charge in [-0.05, 0) is 41.0 Å². The first-order valence-corrected chi connectivity index (χ1v) is 9.02. The SMILES string of the molecule is CNC(=O)Cc1ccc(NC(=O)COc2ccc(-c3ccccc3)cc2)cc1. The summed E-state index contributed by atoms with van der Waals surface area (Å²) in [6, 6.07) is 24.9. The zero-order chi connectivity index (χ0) is 19.8. The Labute approximate surface area is 164 Å². The van der Waals surface area contributed by atoms with Gasteiger partial charge in [-0.2, -0.15) is 0 Å². The van der Waals surface area contributed by atoms with E-state index in [2.05, 4.69) is 10.6 Å². The Bertz CT molecular complexity index is 920. The largest absolute Gasteiger partial charge is 0.484 e. The van der Waals surface area contributed by atoms with Gasteiger partial charge in [-0.25, -0.2) is 0 Å². The molecular formula is C23H22N2O3. The van der Waals surface area contributed by atoms with E-state index >= 15 is 0 Å². The number of likely N-dealkylation sites (N-methyl/N-ethyl adjacent to an activating group) is 1. The maximum absolute atomic E-state index is 12.1. The number of benzene rings is 3. The summed E-state index contributed by atoms with van der Waals surface area (Å²) in [6.07, 6.45) is 0.312. The molecule has 0 fully saturated rings. The van der Waals surface area contributed by atoms with Gasteiger partial charge in [0.2, 0.25) is 5.91 Å². The van der Waals surface area contributed by atoms with Crippen LogP contribution in [0, 0.1) is 0 Å². The van der Waals surface area contributed by atoms with Crippen molar-refractivity contribution in [2.24, 2.45) is 0 Å². The molecule has 0 radical (unpaired) electrons. The maximum Gasteiger partial charge on any atom is 0.262 e. The number of hydrogen-bond donors (Lipinski definition) is 2. The lowest BCUT2D eigenvalue weighted by Gasteiger charge is -2.09. The number of carbonyl (C=O) groups is 2. The first-order valence-electron chi connectivity index (χ1n) is 9.02. The van der Waals surface area contributed by atoms with Crippen LogP contribution in [-0.2, 0) is 16.0 Å². The van der Waals surface area contributed by atoms with Crippen molar-refractivity contribution in [3.05, 3.63) is 84.4 Å². The van der Waals surface area contributed by atoms with E-state index in [1.807, 2.05) is 66.7 Å². The van der Waals surface area contributed by atoms with Crippen molar-refractivity contribution in [3.63, 3.8) is 0 Å². The van der Waals surface area contributed by atoms with E-state index in [0.717, 1.165) is 16.7 Å². The second kappa shape index (κ2) is 9.37. The molecule has 0 aromatic heterocycles. The van der Waals surface area contributed by atoms with Crippen LogP contribution in [0.3, 0.4) is 0 Å². The quantitative estimate of drug-likeness (QED) is 0.663. The fourth-order valence-corrected chi connectivity index (χ4v) is 2.70. The van der Waals surface area contributed by atoms with E-state index in [1.165, 1.54) is 0 Å². The fraction of sp³-hybridized carbons (Fsp3) is 0.130. The highest BCUT2D eigenvalue weighted by Gasteiger charge is 2.06. The molecule has 3 rings (SSSR count). The minimum Gasteiger partial charge on any atom is -0.484 e. The molecule has 0 aliphatic heterocycles. The third-order valence-electron chi connectivity index (χ3n) is 4.21. The van der Waals surface area contributed by atoms with E-state index in [9.17, 15) is 9.59 Å². The van der Waals surface area contributed by atoms with Gasteiger partial charge in [0.25, 0.3) is 5.91 Å². The van der Waals surface area contributed by atoms with Gasteiger partial charge in [0.05, 0.1) is 6.42 Å². The number of nitrogens with one attached hydrogen (secondary N) is 2. The smallest absolute Gasteiger partial charge is 0.262 e. The van der Waals surface area contributed by atoms with Crippen LogP contribution in [0.4, 0.5) is 5.69 Å². The van der Waals surface area contributed by atoms with Gasteiger partial charge in [0.1, 0.15) is 5.75 Å². The zero-order valence-corrected chi connectivity index (χ0v) is 15.6. The van der Waals surface area contributed by atoms with E-state index < -0.39 is 0 Å². The van der Waals surface area contributed by atoms with Crippen LogP contribution in [-0.4, -0.2) is 25.5 Å². The van der Waals surface area contributed by atoms with Crippen LogP contribution in [0.25, 0.3) is 11.1 Å². The molecule has 2 N–H and O–H groups in total. The first kappa shape index (κ1) is 19.2. The lowest BCUT2D eigenvalue weighted by Crippen LogP contribution is -2.21. The van der Waals surface area contributed by atoms with Crippen LogP contribution < -0.4 is 15.4 Å². The summed E-state index contributed by atoms with van der Waals surface area (Å²) in [5.41, 5.74) is 3.77. The first-order chi connectivity index (χ1) is 13.6. The fourth-order valence-electron chi connectivity index (χ4n) is 2.70. The van der Waals surface area contributed by atoms with E-state index in [1.54, 1.807) is 19.2 Å². The average molecular weight is 374 g/mol. The zero-order valence-electron chi connectivity index (χ0n) is 15.6. The summed E-state index contributed by atoms with van der Waals surface area (Å²) in [6.45, 7) is -0.0787. The molecule has 0 bridgehead atoms. The Balaban J connectivity index is 1.49. The van der Waals surface area contributed by atoms with Gasteiger partial charge in [-0.1, -0.05) is 54.6 Å². The minimum atomic E-state index is -0.244. The molecule has 0 saturated carbocycles. The normalized spacial score (nSPS) is 10.2. The molecule has 0 unspecified atom stereocenters. The summed E-state index contributed by atoms with van der Waals surface area (Å²) in [5.74, 6) is 0.338. The van der Waals surface area contributed by atoms with Crippen molar-refractivity contribution >= 4 is 17.5 Å². The second-order valence-electron chi connectivity index (χ2n) is 6.27. The van der Waals surface area contributed by atoms with Crippen LogP contribution in [0.1, 0.15) is 5.56 Å². The molecule has 2 amide bonds.